The zero-order chi connectivity index (χ0) is 29.5. The number of carboxylic acid groups (broad SMARTS) is 1. The highest BCUT2D eigenvalue weighted by molar-refractivity contribution is 6.35. The summed E-state index contributed by atoms with van der Waals surface area (Å²) in [6.07, 6.45) is 3.04. The van der Waals surface area contributed by atoms with Crippen LogP contribution in [0.3, 0.4) is 0 Å². The van der Waals surface area contributed by atoms with Crippen LogP contribution < -0.4 is 4.74 Å². The van der Waals surface area contributed by atoms with Gasteiger partial charge in [0.15, 0.2) is 0 Å². The number of halogens is 2. The van der Waals surface area contributed by atoms with Crippen LogP contribution in [0, 0.1) is 6.01 Å². The van der Waals surface area contributed by atoms with Crippen LogP contribution >= 0.6 is 11.6 Å². The first-order valence-corrected chi connectivity index (χ1v) is 15.0. The van der Waals surface area contributed by atoms with E-state index < -0.39 is 12.0 Å². The number of likely N-dealkylation sites (tertiary alicyclic amines) is 1. The van der Waals surface area contributed by atoms with Gasteiger partial charge in [-0.2, -0.15) is 4.39 Å². The zero-order valence-electron chi connectivity index (χ0n) is 23.5. The number of fused-ring (bicyclic) bond motifs is 2. The summed E-state index contributed by atoms with van der Waals surface area (Å²) in [5, 5.41) is 10.5. The maximum absolute atomic E-state index is 13.8. The maximum atomic E-state index is 13.8. The Morgan fingerprint density at radius 1 is 1.09 bits per heavy atom. The van der Waals surface area contributed by atoms with Crippen LogP contribution in [-0.2, 0) is 24.4 Å². The molecule has 2 fully saturated rings. The molecule has 43 heavy (non-hydrogen) atoms. The van der Waals surface area contributed by atoms with E-state index in [1.807, 2.05) is 24.3 Å². The summed E-state index contributed by atoms with van der Waals surface area (Å²) in [4.78, 5) is 18.9. The number of hydrogen-bond acceptors (Lipinski definition) is 6. The molecular weight excluding hydrogens is 573 g/mol. The Balaban J connectivity index is 1.05. The lowest BCUT2D eigenvalue weighted by Crippen LogP contribution is -2.35. The van der Waals surface area contributed by atoms with Crippen molar-refractivity contribution >= 4 is 39.6 Å². The minimum absolute atomic E-state index is 0.127. The molecule has 0 unspecified atom stereocenters. The summed E-state index contributed by atoms with van der Waals surface area (Å²) in [7, 11) is 0. The zero-order valence-corrected chi connectivity index (χ0v) is 24.2. The summed E-state index contributed by atoms with van der Waals surface area (Å²) >= 11 is 6.22. The molecule has 2 aliphatic rings. The number of ether oxygens (including phenoxy) is 2. The molecule has 0 saturated carbocycles. The molecule has 1 N–H and O–H groups in total. The predicted octanol–water partition coefficient (Wildman–Crippen LogP) is 7.02. The number of furan rings is 1. The first kappa shape index (κ1) is 27.9. The van der Waals surface area contributed by atoms with Gasteiger partial charge in [-0.3, -0.25) is 4.90 Å². The van der Waals surface area contributed by atoms with E-state index in [9.17, 15) is 14.3 Å². The number of aromatic nitrogens is 2. The fourth-order valence-corrected chi connectivity index (χ4v) is 6.40. The van der Waals surface area contributed by atoms with E-state index in [1.54, 1.807) is 24.3 Å². The number of rotatable bonds is 9. The van der Waals surface area contributed by atoms with Crippen molar-refractivity contribution in [3.05, 3.63) is 94.2 Å². The average Bonchev–Trinajstić information content (AvgIpc) is 3.55. The Morgan fingerprint density at radius 2 is 1.91 bits per heavy atom. The molecule has 8 nitrogen and oxygen atoms in total. The van der Waals surface area contributed by atoms with Crippen LogP contribution in [0.25, 0.3) is 22.0 Å². The summed E-state index contributed by atoms with van der Waals surface area (Å²) < 4.78 is 33.2. The normalized spacial score (nSPS) is 17.9. The van der Waals surface area contributed by atoms with Gasteiger partial charge in [-0.25, -0.2) is 9.78 Å². The van der Waals surface area contributed by atoms with E-state index in [2.05, 4.69) is 15.5 Å². The molecule has 7 rings (SSSR count). The van der Waals surface area contributed by atoms with Crippen molar-refractivity contribution in [1.82, 2.24) is 14.5 Å². The number of para-hydroxylation sites is 1. The van der Waals surface area contributed by atoms with Crippen molar-refractivity contribution in [3.63, 3.8) is 0 Å². The van der Waals surface area contributed by atoms with Gasteiger partial charge in [0.05, 0.1) is 40.8 Å². The van der Waals surface area contributed by atoms with Gasteiger partial charge in [0, 0.05) is 23.6 Å². The molecule has 222 valence electrons. The second-order valence-electron chi connectivity index (χ2n) is 11.3. The third-order valence-electron chi connectivity index (χ3n) is 8.63. The fourth-order valence-electron chi connectivity index (χ4n) is 6.20. The average molecular weight is 604 g/mol. The molecule has 1 atom stereocenters. The van der Waals surface area contributed by atoms with Crippen LogP contribution in [0.15, 0.2) is 65.1 Å². The summed E-state index contributed by atoms with van der Waals surface area (Å²) in [5.74, 6) is 1.13. The molecule has 2 aromatic heterocycles. The Bertz CT molecular complexity index is 1810. The largest absolute Gasteiger partial charge is 0.488 e. The van der Waals surface area contributed by atoms with Gasteiger partial charge in [-0.1, -0.05) is 35.9 Å². The van der Waals surface area contributed by atoms with Gasteiger partial charge in [0.2, 0.25) is 0 Å². The number of imidazole rings is 1. The van der Waals surface area contributed by atoms with Crippen molar-refractivity contribution in [2.45, 2.75) is 51.0 Å². The van der Waals surface area contributed by atoms with Gasteiger partial charge in [0.1, 0.15) is 23.8 Å². The fraction of sp³-hybridized carbons (Fsp3) is 0.333. The Kier molecular flexibility index (Phi) is 7.55. The van der Waals surface area contributed by atoms with Gasteiger partial charge < -0.3 is 23.6 Å². The first-order valence-electron chi connectivity index (χ1n) is 14.6. The maximum Gasteiger partial charge on any atom is 0.335 e. The van der Waals surface area contributed by atoms with Crippen molar-refractivity contribution < 1.29 is 28.2 Å². The van der Waals surface area contributed by atoms with Gasteiger partial charge in [-0.15, -0.1) is 0 Å². The van der Waals surface area contributed by atoms with Crippen LogP contribution in [0.1, 0.15) is 52.5 Å². The number of carboxylic acids is 1. The molecule has 4 heterocycles. The highest BCUT2D eigenvalue weighted by Gasteiger charge is 2.27. The van der Waals surface area contributed by atoms with E-state index in [-0.39, 0.29) is 18.3 Å². The number of aromatic carboxylic acids is 1. The van der Waals surface area contributed by atoms with Crippen molar-refractivity contribution in [2.24, 2.45) is 0 Å². The molecule has 0 radical (unpaired) electrons. The molecule has 5 aromatic rings. The molecule has 3 aromatic carbocycles. The highest BCUT2D eigenvalue weighted by atomic mass is 35.5. The monoisotopic (exact) mass is 603 g/mol. The number of piperidine rings is 1. The topological polar surface area (TPSA) is 90.0 Å². The van der Waals surface area contributed by atoms with Crippen molar-refractivity contribution in [3.8, 4) is 5.75 Å². The van der Waals surface area contributed by atoms with Crippen LogP contribution in [0.2, 0.25) is 5.02 Å². The molecule has 0 amide bonds. The molecule has 2 saturated heterocycles. The summed E-state index contributed by atoms with van der Waals surface area (Å²) in [5.41, 5.74) is 4.20. The van der Waals surface area contributed by atoms with Gasteiger partial charge in [0.25, 0.3) is 6.01 Å². The highest BCUT2D eigenvalue weighted by Crippen LogP contribution is 2.36. The van der Waals surface area contributed by atoms with E-state index in [1.165, 1.54) is 6.07 Å². The molecule has 0 bridgehead atoms. The minimum Gasteiger partial charge on any atom is -0.488 e. The molecule has 0 aliphatic carbocycles. The smallest absolute Gasteiger partial charge is 0.335 e. The number of carbonyl (C=O) groups is 1. The first-order chi connectivity index (χ1) is 20.9. The van der Waals surface area contributed by atoms with E-state index in [0.29, 0.717) is 35.0 Å². The van der Waals surface area contributed by atoms with E-state index >= 15 is 0 Å². The molecule has 2 aliphatic heterocycles. The number of benzene rings is 3. The minimum atomic E-state index is -0.946. The third kappa shape index (κ3) is 5.60. The third-order valence-corrected chi connectivity index (χ3v) is 8.96. The lowest BCUT2D eigenvalue weighted by Gasteiger charge is -2.33. The molecule has 10 heteroatoms. The van der Waals surface area contributed by atoms with E-state index in [4.69, 9.17) is 30.5 Å². The Morgan fingerprint density at radius 3 is 2.67 bits per heavy atom. The Labute approximate surface area is 252 Å². The summed E-state index contributed by atoms with van der Waals surface area (Å²) in [6.45, 7) is 4.14. The van der Waals surface area contributed by atoms with Crippen molar-refractivity contribution in [2.75, 3.05) is 19.7 Å². The molecular formula is C33H31ClFN3O5. The van der Waals surface area contributed by atoms with E-state index in [0.717, 1.165) is 72.7 Å². The predicted molar refractivity (Wildman–Crippen MR) is 160 cm³/mol. The standard InChI is InChI=1S/C33H31ClFN3O5/c34-26-7-5-22(32-25(26)16-30(35)43-32)19-42-29-4-2-1-3-24(29)20-9-12-37(13-10-20)18-31-36-27-8-6-21(33(39)40)15-28(27)38(31)17-23-11-14-41-23/h1-8,15-16,20,23H,9-14,17-19H2,(H,39,40)/t23-/m0/s1. The second-order valence-corrected chi connectivity index (χ2v) is 11.7. The summed E-state index contributed by atoms with van der Waals surface area (Å²) in [6, 6.07) is 17.4. The lowest BCUT2D eigenvalue weighted by molar-refractivity contribution is -0.0592. The molecule has 0 spiro atoms. The van der Waals surface area contributed by atoms with Crippen LogP contribution in [0.5, 0.6) is 5.75 Å². The van der Waals surface area contributed by atoms with Crippen LogP contribution in [-0.4, -0.2) is 51.3 Å². The van der Waals surface area contributed by atoms with Crippen LogP contribution in [0.4, 0.5) is 4.39 Å². The quantitative estimate of drug-likeness (QED) is 0.194. The van der Waals surface area contributed by atoms with Gasteiger partial charge >= 0.3 is 5.97 Å². The number of nitrogens with zero attached hydrogens (tertiary/aromatic N) is 3. The SMILES string of the molecule is O=C(O)c1ccc2nc(CN3CCC(c4ccccc4OCc4ccc(Cl)c5cc(F)oc45)CC3)n(C[C@@H]3CCO3)c2c1. The van der Waals surface area contributed by atoms with Crippen molar-refractivity contribution in [1.29, 1.82) is 0 Å². The lowest BCUT2D eigenvalue weighted by atomic mass is 9.89. The Hall–Kier alpha value is -3.92. The second kappa shape index (κ2) is 11.6. The number of hydrogen-bond donors (Lipinski definition) is 1. The van der Waals surface area contributed by atoms with Gasteiger partial charge in [-0.05, 0) is 74.2 Å².